The molecular formula is C11H17N3O2S. The summed E-state index contributed by atoms with van der Waals surface area (Å²) in [6.45, 7) is 1.93. The second-order valence-electron chi connectivity index (χ2n) is 4.62. The number of pyridine rings is 1. The molecule has 1 fully saturated rings. The maximum Gasteiger partial charge on any atom is 0.244 e. The maximum atomic E-state index is 12.2. The molecule has 0 saturated heterocycles. The van der Waals surface area contributed by atoms with E-state index in [1.807, 2.05) is 6.92 Å². The number of nitrogens with zero attached hydrogens (tertiary/aromatic N) is 1. The third-order valence-electron chi connectivity index (χ3n) is 3.13. The lowest BCUT2D eigenvalue weighted by Crippen LogP contribution is -2.50. The fourth-order valence-electron chi connectivity index (χ4n) is 1.98. The Hall–Kier alpha value is -1.14. The topological polar surface area (TPSA) is 71.1 Å². The molecule has 6 heteroatoms. The minimum absolute atomic E-state index is 0.204. The van der Waals surface area contributed by atoms with Crippen molar-refractivity contribution in [2.45, 2.75) is 36.6 Å². The van der Waals surface area contributed by atoms with Crippen LogP contribution in [0.1, 0.15) is 26.2 Å². The Morgan fingerprint density at radius 3 is 2.65 bits per heavy atom. The smallest absolute Gasteiger partial charge is 0.244 e. The molecule has 5 nitrogen and oxygen atoms in total. The van der Waals surface area contributed by atoms with E-state index in [-0.39, 0.29) is 10.4 Å². The Balaban J connectivity index is 2.31. The van der Waals surface area contributed by atoms with Crippen molar-refractivity contribution < 1.29 is 8.42 Å². The number of aromatic nitrogens is 1. The van der Waals surface area contributed by atoms with Gasteiger partial charge in [-0.1, -0.05) is 0 Å². The van der Waals surface area contributed by atoms with Crippen LogP contribution in [0.15, 0.2) is 23.2 Å². The van der Waals surface area contributed by atoms with Crippen molar-refractivity contribution in [3.63, 3.8) is 0 Å². The summed E-state index contributed by atoms with van der Waals surface area (Å²) in [6, 6.07) is 3.18. The van der Waals surface area contributed by atoms with Crippen molar-refractivity contribution in [1.82, 2.24) is 9.71 Å². The molecular weight excluding hydrogens is 238 g/mol. The molecule has 1 heterocycles. The van der Waals surface area contributed by atoms with Gasteiger partial charge in [0.25, 0.3) is 0 Å². The van der Waals surface area contributed by atoms with Gasteiger partial charge in [0.05, 0.1) is 0 Å². The summed E-state index contributed by atoms with van der Waals surface area (Å²) in [5, 5.41) is 2.79. The molecule has 94 valence electrons. The summed E-state index contributed by atoms with van der Waals surface area (Å²) in [7, 11) is -1.84. The average molecular weight is 255 g/mol. The first-order valence-electron chi connectivity index (χ1n) is 5.64. The van der Waals surface area contributed by atoms with Gasteiger partial charge in [0.2, 0.25) is 10.0 Å². The summed E-state index contributed by atoms with van der Waals surface area (Å²) >= 11 is 0. The van der Waals surface area contributed by atoms with E-state index in [0.717, 1.165) is 19.3 Å². The Morgan fingerprint density at radius 1 is 1.41 bits per heavy atom. The molecule has 2 N–H and O–H groups in total. The van der Waals surface area contributed by atoms with E-state index in [2.05, 4.69) is 15.0 Å². The van der Waals surface area contributed by atoms with Crippen LogP contribution in [-0.2, 0) is 10.0 Å². The predicted octanol–water partition coefficient (Wildman–Crippen LogP) is 1.34. The molecule has 0 atom stereocenters. The number of hydrogen-bond donors (Lipinski definition) is 2. The molecule has 0 aliphatic heterocycles. The SMILES string of the molecule is CNc1ncccc1S(=O)(=O)NC1(C)CCC1. The van der Waals surface area contributed by atoms with E-state index in [0.29, 0.717) is 5.82 Å². The molecule has 0 amide bonds. The number of nitrogens with one attached hydrogen (secondary N) is 2. The number of anilines is 1. The van der Waals surface area contributed by atoms with Crippen LogP contribution < -0.4 is 10.0 Å². The van der Waals surface area contributed by atoms with E-state index in [1.54, 1.807) is 25.4 Å². The lowest BCUT2D eigenvalue weighted by atomic mass is 9.80. The van der Waals surface area contributed by atoms with Gasteiger partial charge in [0.1, 0.15) is 10.7 Å². The van der Waals surface area contributed by atoms with Gasteiger partial charge in [0.15, 0.2) is 0 Å². The van der Waals surface area contributed by atoms with Crippen LogP contribution >= 0.6 is 0 Å². The number of sulfonamides is 1. The zero-order chi connectivity index (χ0) is 12.5. The second-order valence-corrected chi connectivity index (χ2v) is 6.27. The Labute approximate surface area is 102 Å². The molecule has 2 rings (SSSR count). The molecule has 0 radical (unpaired) electrons. The predicted molar refractivity (Wildman–Crippen MR) is 66.4 cm³/mol. The highest BCUT2D eigenvalue weighted by Crippen LogP contribution is 2.33. The van der Waals surface area contributed by atoms with Gasteiger partial charge >= 0.3 is 0 Å². The first kappa shape index (κ1) is 12.3. The van der Waals surface area contributed by atoms with Crippen LogP contribution in [0, 0.1) is 0 Å². The third kappa shape index (κ3) is 2.42. The lowest BCUT2D eigenvalue weighted by Gasteiger charge is -2.38. The molecule has 1 aromatic heterocycles. The number of rotatable bonds is 4. The molecule has 1 saturated carbocycles. The van der Waals surface area contributed by atoms with Crippen LogP contribution in [-0.4, -0.2) is 26.0 Å². The summed E-state index contributed by atoms with van der Waals surface area (Å²) in [5.41, 5.74) is -0.292. The molecule has 1 aliphatic carbocycles. The quantitative estimate of drug-likeness (QED) is 0.852. The van der Waals surface area contributed by atoms with Crippen molar-refractivity contribution in [1.29, 1.82) is 0 Å². The minimum atomic E-state index is -3.50. The largest absolute Gasteiger partial charge is 0.372 e. The third-order valence-corrected chi connectivity index (χ3v) is 4.80. The molecule has 0 unspecified atom stereocenters. The normalized spacial score (nSPS) is 18.5. The highest BCUT2D eigenvalue weighted by molar-refractivity contribution is 7.89. The maximum absolute atomic E-state index is 12.2. The monoisotopic (exact) mass is 255 g/mol. The van der Waals surface area contributed by atoms with Gasteiger partial charge in [-0.3, -0.25) is 0 Å². The van der Waals surface area contributed by atoms with Crippen LogP contribution in [0.2, 0.25) is 0 Å². The van der Waals surface area contributed by atoms with E-state index in [1.165, 1.54) is 0 Å². The summed E-state index contributed by atoms with van der Waals surface area (Å²) in [6.07, 6.45) is 4.42. The lowest BCUT2D eigenvalue weighted by molar-refractivity contribution is 0.248. The van der Waals surface area contributed by atoms with Crippen LogP contribution in [0.3, 0.4) is 0 Å². The molecule has 0 spiro atoms. The minimum Gasteiger partial charge on any atom is -0.372 e. The van der Waals surface area contributed by atoms with E-state index in [9.17, 15) is 8.42 Å². The molecule has 1 aliphatic rings. The highest BCUT2D eigenvalue weighted by Gasteiger charge is 2.36. The standard InChI is InChI=1S/C11H17N3O2S/c1-11(6-4-7-11)14-17(15,16)9-5-3-8-13-10(9)12-2/h3,5,8,14H,4,6-7H2,1-2H3,(H,12,13). The highest BCUT2D eigenvalue weighted by atomic mass is 32.2. The first-order valence-corrected chi connectivity index (χ1v) is 7.12. The van der Waals surface area contributed by atoms with Gasteiger partial charge in [0, 0.05) is 18.8 Å². The molecule has 17 heavy (non-hydrogen) atoms. The molecule has 0 bridgehead atoms. The van der Waals surface area contributed by atoms with E-state index < -0.39 is 10.0 Å². The van der Waals surface area contributed by atoms with Crippen molar-refractivity contribution in [3.8, 4) is 0 Å². The van der Waals surface area contributed by atoms with Crippen molar-refractivity contribution in [3.05, 3.63) is 18.3 Å². The molecule has 0 aromatic carbocycles. The summed E-state index contributed by atoms with van der Waals surface area (Å²) in [5.74, 6) is 0.378. The fourth-order valence-corrected chi connectivity index (χ4v) is 3.61. The summed E-state index contributed by atoms with van der Waals surface area (Å²) < 4.78 is 27.2. The van der Waals surface area contributed by atoms with Crippen LogP contribution in [0.5, 0.6) is 0 Å². The Bertz CT molecular complexity index is 509. The van der Waals surface area contributed by atoms with Crippen LogP contribution in [0.25, 0.3) is 0 Å². The second kappa shape index (κ2) is 4.27. The van der Waals surface area contributed by atoms with Gasteiger partial charge in [-0.05, 0) is 38.3 Å². The zero-order valence-corrected chi connectivity index (χ0v) is 10.8. The van der Waals surface area contributed by atoms with Crippen molar-refractivity contribution in [2.24, 2.45) is 0 Å². The van der Waals surface area contributed by atoms with Gasteiger partial charge in [-0.25, -0.2) is 18.1 Å². The van der Waals surface area contributed by atoms with Gasteiger partial charge < -0.3 is 5.32 Å². The Kier molecular flexibility index (Phi) is 3.09. The van der Waals surface area contributed by atoms with E-state index in [4.69, 9.17) is 0 Å². The van der Waals surface area contributed by atoms with Crippen molar-refractivity contribution in [2.75, 3.05) is 12.4 Å². The van der Waals surface area contributed by atoms with Crippen LogP contribution in [0.4, 0.5) is 5.82 Å². The molecule has 1 aromatic rings. The zero-order valence-electron chi connectivity index (χ0n) is 10.0. The number of hydrogen-bond acceptors (Lipinski definition) is 4. The first-order chi connectivity index (χ1) is 7.97. The Morgan fingerprint density at radius 2 is 2.12 bits per heavy atom. The van der Waals surface area contributed by atoms with Gasteiger partial charge in [-0.2, -0.15) is 0 Å². The van der Waals surface area contributed by atoms with E-state index >= 15 is 0 Å². The fraction of sp³-hybridized carbons (Fsp3) is 0.545. The van der Waals surface area contributed by atoms with Gasteiger partial charge in [-0.15, -0.1) is 0 Å². The average Bonchev–Trinajstić information content (AvgIpc) is 2.26. The summed E-state index contributed by atoms with van der Waals surface area (Å²) in [4.78, 5) is 4.21. The van der Waals surface area contributed by atoms with Crippen molar-refractivity contribution >= 4 is 15.8 Å².